The molecule has 1 unspecified atom stereocenters. The lowest BCUT2D eigenvalue weighted by atomic mass is 9.86. The number of ether oxygens (including phenoxy) is 1. The van der Waals surface area contributed by atoms with E-state index in [0.717, 1.165) is 104 Å². The third-order valence-corrected chi connectivity index (χ3v) is 13.8. The molecule has 4 aliphatic heterocycles. The van der Waals surface area contributed by atoms with Crippen LogP contribution in [-0.2, 0) is 21.4 Å². The van der Waals surface area contributed by atoms with E-state index in [4.69, 9.17) is 9.72 Å². The molecule has 0 aliphatic carbocycles. The molecule has 6 heterocycles. The number of likely N-dealkylation sites (tertiary alicyclic amines) is 2. The first kappa shape index (κ1) is 45.2. The van der Waals surface area contributed by atoms with Gasteiger partial charge in [0, 0.05) is 75.1 Å². The van der Waals surface area contributed by atoms with Crippen molar-refractivity contribution >= 4 is 63.4 Å². The number of nitrogens with one attached hydrogen (secondary N) is 3. The number of anilines is 4. The Morgan fingerprint density at radius 2 is 1.67 bits per heavy atom. The number of imide groups is 2. The van der Waals surface area contributed by atoms with Crippen LogP contribution in [0.15, 0.2) is 79.6 Å². The molecule has 3 N–H and O–H groups in total. The van der Waals surface area contributed by atoms with Gasteiger partial charge in [-0.25, -0.2) is 14.4 Å². The fourth-order valence-corrected chi connectivity index (χ4v) is 10.1. The van der Waals surface area contributed by atoms with Gasteiger partial charge in [0.25, 0.3) is 11.8 Å². The summed E-state index contributed by atoms with van der Waals surface area (Å²) in [5.41, 5.74) is 5.32. The van der Waals surface area contributed by atoms with Crippen molar-refractivity contribution in [1.29, 1.82) is 0 Å². The molecule has 17 heteroatoms. The molecule has 5 aromatic rings. The minimum Gasteiger partial charge on any atom is -0.494 e. The van der Waals surface area contributed by atoms with Crippen LogP contribution in [0.1, 0.15) is 70.7 Å². The first-order chi connectivity index (χ1) is 32.4. The van der Waals surface area contributed by atoms with Crippen molar-refractivity contribution in [2.75, 3.05) is 75.5 Å². The Morgan fingerprint density at radius 1 is 0.940 bits per heavy atom. The number of methoxy groups -OCH3 is 1. The first-order valence-electron chi connectivity index (χ1n) is 22.9. The molecular weight excluding hydrogens is 856 g/mol. The highest BCUT2D eigenvalue weighted by Gasteiger charge is 2.45. The molecule has 0 radical (unpaired) electrons. The van der Waals surface area contributed by atoms with Crippen LogP contribution in [0.4, 0.5) is 27.4 Å². The number of halogens is 1. The van der Waals surface area contributed by atoms with Crippen molar-refractivity contribution in [1.82, 2.24) is 34.6 Å². The maximum absolute atomic E-state index is 15.6. The summed E-state index contributed by atoms with van der Waals surface area (Å²) >= 11 is 0. The Balaban J connectivity index is 0.780. The third kappa shape index (κ3) is 9.25. The maximum atomic E-state index is 15.6. The van der Waals surface area contributed by atoms with E-state index in [9.17, 15) is 24.0 Å². The molecule has 9 rings (SSSR count). The predicted molar refractivity (Wildman–Crippen MR) is 253 cm³/mol. The van der Waals surface area contributed by atoms with E-state index in [1.54, 1.807) is 13.3 Å². The van der Waals surface area contributed by atoms with Crippen LogP contribution in [0.2, 0.25) is 0 Å². The maximum Gasteiger partial charge on any atom is 0.262 e. The van der Waals surface area contributed by atoms with Crippen LogP contribution in [-0.4, -0.2) is 125 Å². The second kappa shape index (κ2) is 19.1. The second-order valence-corrected chi connectivity index (χ2v) is 18.0. The summed E-state index contributed by atoms with van der Waals surface area (Å²) in [4.78, 5) is 80.7. The predicted octanol–water partition coefficient (Wildman–Crippen LogP) is 6.08. The number of piperidine rings is 3. The monoisotopic (exact) mass is 910 g/mol. The average Bonchev–Trinajstić information content (AvgIpc) is 3.79. The van der Waals surface area contributed by atoms with Crippen LogP contribution in [0.5, 0.6) is 5.75 Å². The number of carbonyl (C=O) groups excluding carboxylic acids is 5. The van der Waals surface area contributed by atoms with Crippen LogP contribution >= 0.6 is 0 Å². The molecule has 3 fully saturated rings. The molecule has 0 spiro atoms. The summed E-state index contributed by atoms with van der Waals surface area (Å²) in [6.07, 6.45) is 8.65. The largest absolute Gasteiger partial charge is 0.494 e. The molecule has 3 saturated heterocycles. The van der Waals surface area contributed by atoms with Crippen molar-refractivity contribution in [3.8, 4) is 17.0 Å². The normalized spacial score (nSPS) is 18.6. The lowest BCUT2D eigenvalue weighted by molar-refractivity contribution is -0.136. The molecule has 2 aromatic heterocycles. The van der Waals surface area contributed by atoms with E-state index in [2.05, 4.69) is 65.1 Å². The summed E-state index contributed by atoms with van der Waals surface area (Å²) < 4.78 is 23.5. The van der Waals surface area contributed by atoms with Gasteiger partial charge in [-0.3, -0.25) is 34.2 Å². The van der Waals surface area contributed by atoms with E-state index in [-0.39, 0.29) is 35.8 Å². The highest BCUT2D eigenvalue weighted by Crippen LogP contribution is 2.39. The number of rotatable bonds is 14. The van der Waals surface area contributed by atoms with Gasteiger partial charge < -0.3 is 34.6 Å². The summed E-state index contributed by atoms with van der Waals surface area (Å²) in [5, 5.41) is 9.59. The van der Waals surface area contributed by atoms with Gasteiger partial charge in [0.2, 0.25) is 23.7 Å². The van der Waals surface area contributed by atoms with Crippen molar-refractivity contribution < 1.29 is 33.1 Å². The SMILES string of the molecule is C=CC(=O)Nc1cc(Nc2nccc(-c3cn(C)c4ccccc34)n2)c(OC)cc1N(C)CCN1CCC(CN2CCC(c3cc4c(cc3F)C(=O)N(C3CCC(=O)NC3=O)C4=O)CC2)CC1. The van der Waals surface area contributed by atoms with Crippen molar-refractivity contribution in [3.05, 3.63) is 102 Å². The molecule has 1 atom stereocenters. The highest BCUT2D eigenvalue weighted by molar-refractivity contribution is 6.23. The van der Waals surface area contributed by atoms with Crippen molar-refractivity contribution in [2.45, 2.75) is 50.5 Å². The second-order valence-electron chi connectivity index (χ2n) is 18.0. The molecule has 5 amide bonds. The summed E-state index contributed by atoms with van der Waals surface area (Å²) in [6.45, 7) is 9.67. The number of nitrogens with zero attached hydrogens (tertiary/aromatic N) is 7. The lowest BCUT2D eigenvalue weighted by Crippen LogP contribution is -2.54. The van der Waals surface area contributed by atoms with Crippen LogP contribution in [0.25, 0.3) is 22.2 Å². The zero-order valence-corrected chi connectivity index (χ0v) is 38.0. The van der Waals surface area contributed by atoms with Gasteiger partial charge in [0.1, 0.15) is 17.6 Å². The van der Waals surface area contributed by atoms with Gasteiger partial charge >= 0.3 is 0 Å². The van der Waals surface area contributed by atoms with E-state index in [1.165, 1.54) is 12.1 Å². The van der Waals surface area contributed by atoms with Gasteiger partial charge in [-0.2, -0.15) is 0 Å². The number of para-hydroxylation sites is 1. The highest BCUT2D eigenvalue weighted by atomic mass is 19.1. The molecular formula is C50H55FN10O6. The minimum atomic E-state index is -1.09. The topological polar surface area (TPSA) is 174 Å². The standard InChI is InChI=1S/C50H55FN10O6/c1-5-45(62)53-39-26-40(55-50-52-17-12-38(54-50)36-29-58(3)41-9-7-6-8-32(36)41)44(67-4)27-43(39)57(2)22-23-59-18-13-30(14-19-59)28-60-20-15-31(16-21-60)33-24-34-35(25-37(33)51)49(66)61(48(34)65)42-10-11-46(63)56-47(42)64/h5-9,12,17,24-27,29-31,42H,1,10-11,13-16,18-23,28H2,2-4H3,(H,53,62)(H,52,54,55)(H,56,63,64). The molecule has 67 heavy (non-hydrogen) atoms. The Labute approximate surface area is 388 Å². The zero-order chi connectivity index (χ0) is 46.9. The van der Waals surface area contributed by atoms with Crippen LogP contribution in [0, 0.1) is 11.7 Å². The lowest BCUT2D eigenvalue weighted by Gasteiger charge is -2.38. The molecule has 0 bridgehead atoms. The number of hydrogen-bond donors (Lipinski definition) is 3. The number of likely N-dealkylation sites (N-methyl/N-ethyl adjacent to an activating group) is 1. The van der Waals surface area contributed by atoms with E-state index >= 15 is 4.39 Å². The first-order valence-corrected chi connectivity index (χ1v) is 22.9. The smallest absolute Gasteiger partial charge is 0.262 e. The van der Waals surface area contributed by atoms with Gasteiger partial charge in [-0.1, -0.05) is 24.8 Å². The van der Waals surface area contributed by atoms with Gasteiger partial charge in [-0.05, 0) is 112 Å². The number of aromatic nitrogens is 3. The number of carbonyl (C=O) groups is 5. The molecule has 3 aromatic carbocycles. The minimum absolute atomic E-state index is 0.0212. The van der Waals surface area contributed by atoms with E-state index < -0.39 is 35.5 Å². The van der Waals surface area contributed by atoms with Crippen molar-refractivity contribution in [2.24, 2.45) is 13.0 Å². The summed E-state index contributed by atoms with van der Waals surface area (Å²) in [7, 11) is 5.62. The summed E-state index contributed by atoms with van der Waals surface area (Å²) in [6, 6.07) is 15.4. The molecule has 348 valence electrons. The fraction of sp³-hybridized carbons (Fsp3) is 0.380. The number of aryl methyl sites for hydroxylation is 1. The zero-order valence-electron chi connectivity index (χ0n) is 38.0. The Hall–Kier alpha value is -6.98. The van der Waals surface area contributed by atoms with Gasteiger partial charge in [0.05, 0.1) is 41.0 Å². The summed E-state index contributed by atoms with van der Waals surface area (Å²) in [5.74, 6) is -1.94. The number of hydrogen-bond acceptors (Lipinski definition) is 12. The average molecular weight is 911 g/mol. The molecule has 0 saturated carbocycles. The van der Waals surface area contributed by atoms with Gasteiger partial charge in [0.15, 0.2) is 0 Å². The number of benzene rings is 3. The fourth-order valence-electron chi connectivity index (χ4n) is 10.1. The van der Waals surface area contributed by atoms with Gasteiger partial charge in [-0.15, -0.1) is 0 Å². The number of amides is 5. The van der Waals surface area contributed by atoms with E-state index in [1.807, 2.05) is 44.4 Å². The quantitative estimate of drug-likeness (QED) is 0.0867. The van der Waals surface area contributed by atoms with Crippen LogP contribution < -0.4 is 25.6 Å². The Morgan fingerprint density at radius 3 is 2.40 bits per heavy atom. The van der Waals surface area contributed by atoms with Crippen LogP contribution in [0.3, 0.4) is 0 Å². The Bertz CT molecular complexity index is 2780. The molecule has 4 aliphatic rings. The number of fused-ring (bicyclic) bond motifs is 2. The van der Waals surface area contributed by atoms with Crippen molar-refractivity contribution in [3.63, 3.8) is 0 Å². The Kier molecular flexibility index (Phi) is 12.9. The molecule has 16 nitrogen and oxygen atoms in total. The van der Waals surface area contributed by atoms with E-state index in [0.29, 0.717) is 41.1 Å². The third-order valence-electron chi connectivity index (χ3n) is 13.8.